The van der Waals surface area contributed by atoms with Gasteiger partial charge < -0.3 is 15.5 Å². The number of phenolic OH excluding ortho intramolecular Hbond substituents is 1. The van der Waals surface area contributed by atoms with Gasteiger partial charge >= 0.3 is 0 Å². The predicted octanol–water partition coefficient (Wildman–Crippen LogP) is 2.15. The summed E-state index contributed by atoms with van der Waals surface area (Å²) < 4.78 is 0. The molecule has 0 saturated heterocycles. The lowest BCUT2D eigenvalue weighted by Crippen LogP contribution is -2.13. The van der Waals surface area contributed by atoms with Crippen LogP contribution in [0.1, 0.15) is 19.8 Å². The molecule has 1 aromatic rings. The van der Waals surface area contributed by atoms with Crippen LogP contribution in [0.4, 0.5) is 5.69 Å². The number of aliphatic hydroxyl groups excluding tert-OH is 1. The van der Waals surface area contributed by atoms with Crippen LogP contribution in [-0.4, -0.2) is 22.2 Å². The lowest BCUT2D eigenvalue weighted by atomic mass is 10.2. The van der Waals surface area contributed by atoms with Crippen molar-refractivity contribution in [1.82, 2.24) is 0 Å². The Morgan fingerprint density at radius 2 is 2.25 bits per heavy atom. The van der Waals surface area contributed by atoms with Crippen LogP contribution < -0.4 is 5.32 Å². The lowest BCUT2D eigenvalue weighted by molar-refractivity contribution is -0.116. The fraction of sp³-hybridized carbons (Fsp3) is 0.364. The largest absolute Gasteiger partial charge is 0.506 e. The van der Waals surface area contributed by atoms with Crippen molar-refractivity contribution < 1.29 is 15.0 Å². The van der Waals surface area contributed by atoms with Gasteiger partial charge in [0.1, 0.15) is 5.75 Å². The van der Waals surface area contributed by atoms with Gasteiger partial charge in [-0.25, -0.2) is 0 Å². The molecule has 16 heavy (non-hydrogen) atoms. The minimum absolute atomic E-state index is 0.0244. The van der Waals surface area contributed by atoms with Gasteiger partial charge in [-0.1, -0.05) is 11.6 Å². The van der Waals surface area contributed by atoms with E-state index in [0.29, 0.717) is 12.1 Å². The van der Waals surface area contributed by atoms with Gasteiger partial charge in [-0.15, -0.1) is 0 Å². The van der Waals surface area contributed by atoms with Crippen molar-refractivity contribution in [2.75, 3.05) is 5.32 Å². The summed E-state index contributed by atoms with van der Waals surface area (Å²) >= 11 is 5.68. The Morgan fingerprint density at radius 3 is 2.81 bits per heavy atom. The zero-order valence-corrected chi connectivity index (χ0v) is 9.66. The van der Waals surface area contributed by atoms with E-state index in [9.17, 15) is 9.90 Å². The molecule has 0 aliphatic rings. The number of nitrogens with one attached hydrogen (secondary N) is 1. The maximum Gasteiger partial charge on any atom is 0.224 e. The van der Waals surface area contributed by atoms with E-state index < -0.39 is 6.10 Å². The van der Waals surface area contributed by atoms with Gasteiger partial charge in [-0.05, 0) is 31.5 Å². The molecule has 88 valence electrons. The number of anilines is 1. The highest BCUT2D eigenvalue weighted by atomic mass is 35.5. The lowest BCUT2D eigenvalue weighted by Gasteiger charge is -2.07. The Balaban J connectivity index is 2.53. The van der Waals surface area contributed by atoms with Gasteiger partial charge in [-0.2, -0.15) is 0 Å². The Bertz CT molecular complexity index is 379. The number of benzene rings is 1. The van der Waals surface area contributed by atoms with Crippen LogP contribution in [0, 0.1) is 0 Å². The van der Waals surface area contributed by atoms with Gasteiger partial charge in [0, 0.05) is 12.1 Å². The average molecular weight is 244 g/mol. The molecule has 3 N–H and O–H groups in total. The first-order chi connectivity index (χ1) is 7.49. The second-order valence-corrected chi connectivity index (χ2v) is 4.01. The van der Waals surface area contributed by atoms with Crippen LogP contribution in [-0.2, 0) is 4.79 Å². The summed E-state index contributed by atoms with van der Waals surface area (Å²) in [7, 11) is 0. The highest BCUT2D eigenvalue weighted by Crippen LogP contribution is 2.26. The summed E-state index contributed by atoms with van der Waals surface area (Å²) in [6.45, 7) is 1.63. The summed E-state index contributed by atoms with van der Waals surface area (Å²) in [5.41, 5.74) is 0.526. The first-order valence-electron chi connectivity index (χ1n) is 4.95. The Kier molecular flexibility index (Phi) is 4.58. The molecule has 0 aromatic heterocycles. The van der Waals surface area contributed by atoms with Crippen LogP contribution in [0.2, 0.25) is 5.02 Å². The highest BCUT2D eigenvalue weighted by molar-refractivity contribution is 6.32. The summed E-state index contributed by atoms with van der Waals surface area (Å²) in [5, 5.41) is 21.0. The van der Waals surface area contributed by atoms with Crippen LogP contribution in [0.15, 0.2) is 18.2 Å². The number of amides is 1. The number of hydrogen-bond donors (Lipinski definition) is 3. The second-order valence-electron chi connectivity index (χ2n) is 3.60. The van der Waals surface area contributed by atoms with Crippen LogP contribution >= 0.6 is 11.6 Å². The maximum atomic E-state index is 11.4. The van der Waals surface area contributed by atoms with Crippen LogP contribution in [0.25, 0.3) is 0 Å². The Hall–Kier alpha value is -1.26. The fourth-order valence-corrected chi connectivity index (χ4v) is 1.33. The third kappa shape index (κ3) is 4.08. The summed E-state index contributed by atoms with van der Waals surface area (Å²) in [6, 6.07) is 4.44. The fourth-order valence-electron chi connectivity index (χ4n) is 1.15. The third-order valence-corrected chi connectivity index (χ3v) is 2.32. The first kappa shape index (κ1) is 12.8. The number of aliphatic hydroxyl groups is 1. The molecule has 5 heteroatoms. The number of carbonyl (C=O) groups excluding carboxylic acids is 1. The average Bonchev–Trinajstić information content (AvgIpc) is 2.21. The van der Waals surface area contributed by atoms with Gasteiger partial charge in [0.15, 0.2) is 0 Å². The van der Waals surface area contributed by atoms with Crippen molar-refractivity contribution >= 4 is 23.2 Å². The predicted molar refractivity (Wildman–Crippen MR) is 62.7 cm³/mol. The molecular weight excluding hydrogens is 230 g/mol. The molecule has 0 bridgehead atoms. The molecule has 1 aromatic carbocycles. The standard InChI is InChI=1S/C11H14ClNO3/c1-7(14)2-5-11(16)13-8-3-4-10(15)9(12)6-8/h3-4,6-7,14-15H,2,5H2,1H3,(H,13,16). The van der Waals surface area contributed by atoms with Crippen LogP contribution in [0.3, 0.4) is 0 Å². The molecule has 4 nitrogen and oxygen atoms in total. The quantitative estimate of drug-likeness (QED) is 0.710. The molecule has 0 aliphatic carbocycles. The van der Waals surface area contributed by atoms with Crippen molar-refractivity contribution in [2.45, 2.75) is 25.9 Å². The van der Waals surface area contributed by atoms with Gasteiger partial charge in [-0.3, -0.25) is 4.79 Å². The molecule has 0 radical (unpaired) electrons. The molecule has 1 rings (SSSR count). The molecule has 0 spiro atoms. The van der Waals surface area contributed by atoms with Crippen molar-refractivity contribution in [3.63, 3.8) is 0 Å². The van der Waals surface area contributed by atoms with E-state index in [1.54, 1.807) is 13.0 Å². The molecule has 1 amide bonds. The zero-order chi connectivity index (χ0) is 12.1. The van der Waals surface area contributed by atoms with Crippen molar-refractivity contribution in [3.8, 4) is 5.75 Å². The molecule has 0 heterocycles. The minimum Gasteiger partial charge on any atom is -0.506 e. The summed E-state index contributed by atoms with van der Waals surface area (Å²) in [6.07, 6.45) is 0.169. The van der Waals surface area contributed by atoms with E-state index in [-0.39, 0.29) is 23.1 Å². The van der Waals surface area contributed by atoms with Crippen molar-refractivity contribution in [1.29, 1.82) is 0 Å². The number of phenols is 1. The number of rotatable bonds is 4. The Morgan fingerprint density at radius 1 is 1.56 bits per heavy atom. The topological polar surface area (TPSA) is 69.6 Å². The second kappa shape index (κ2) is 5.72. The smallest absolute Gasteiger partial charge is 0.224 e. The summed E-state index contributed by atoms with van der Waals surface area (Å²) in [5.74, 6) is -0.216. The number of hydrogen-bond acceptors (Lipinski definition) is 3. The normalized spacial score (nSPS) is 12.2. The van der Waals surface area contributed by atoms with Gasteiger partial charge in [0.2, 0.25) is 5.91 Å². The van der Waals surface area contributed by atoms with Gasteiger partial charge in [0.05, 0.1) is 11.1 Å². The van der Waals surface area contributed by atoms with E-state index in [1.165, 1.54) is 12.1 Å². The van der Waals surface area contributed by atoms with Gasteiger partial charge in [0.25, 0.3) is 0 Å². The number of halogens is 1. The summed E-state index contributed by atoms with van der Waals surface area (Å²) in [4.78, 5) is 11.4. The molecule has 0 fully saturated rings. The number of aromatic hydroxyl groups is 1. The first-order valence-corrected chi connectivity index (χ1v) is 5.33. The van der Waals surface area contributed by atoms with Crippen LogP contribution in [0.5, 0.6) is 5.75 Å². The molecule has 0 saturated carbocycles. The number of carbonyl (C=O) groups is 1. The van der Waals surface area contributed by atoms with E-state index in [0.717, 1.165) is 0 Å². The van der Waals surface area contributed by atoms with E-state index in [4.69, 9.17) is 16.7 Å². The van der Waals surface area contributed by atoms with E-state index in [1.807, 2.05) is 0 Å². The maximum absolute atomic E-state index is 11.4. The molecule has 1 atom stereocenters. The minimum atomic E-state index is -0.492. The molecule has 1 unspecified atom stereocenters. The van der Waals surface area contributed by atoms with Crippen molar-refractivity contribution in [3.05, 3.63) is 23.2 Å². The monoisotopic (exact) mass is 243 g/mol. The zero-order valence-electron chi connectivity index (χ0n) is 8.90. The molecular formula is C11H14ClNO3. The van der Waals surface area contributed by atoms with E-state index >= 15 is 0 Å². The highest BCUT2D eigenvalue weighted by Gasteiger charge is 2.06. The van der Waals surface area contributed by atoms with Crippen molar-refractivity contribution in [2.24, 2.45) is 0 Å². The third-order valence-electron chi connectivity index (χ3n) is 2.02. The molecule has 0 aliphatic heterocycles. The Labute approximate surface area is 98.9 Å². The SMILES string of the molecule is CC(O)CCC(=O)Nc1ccc(O)c(Cl)c1. The van der Waals surface area contributed by atoms with E-state index in [2.05, 4.69) is 5.32 Å².